The molecule has 2 aromatic rings. The van der Waals surface area contributed by atoms with Crippen LogP contribution >= 0.6 is 23.2 Å². The Morgan fingerprint density at radius 2 is 1.70 bits per heavy atom. The molecule has 6 nitrogen and oxygen atoms in total. The van der Waals surface area contributed by atoms with Gasteiger partial charge in [-0.25, -0.2) is 13.8 Å². The molecule has 0 aliphatic carbocycles. The monoisotopic (exact) mass is 469 g/mol. The number of aryl methyl sites for hydroxylation is 1. The predicted octanol–water partition coefficient (Wildman–Crippen LogP) is 5.18. The van der Waals surface area contributed by atoms with E-state index in [1.165, 1.54) is 30.3 Å². The molecule has 0 saturated heterocycles. The van der Waals surface area contributed by atoms with Gasteiger partial charge in [-0.1, -0.05) is 54.2 Å². The molecule has 1 N–H and O–H groups in total. The van der Waals surface area contributed by atoms with E-state index in [2.05, 4.69) is 17.5 Å². The number of hydrogen-bond donors (Lipinski definition) is 1. The zero-order valence-electron chi connectivity index (χ0n) is 17.2. The largest absolute Gasteiger partial charge is 0.271 e. The van der Waals surface area contributed by atoms with Gasteiger partial charge in [0.2, 0.25) is 0 Å². The first-order chi connectivity index (χ1) is 14.1. The second-order valence-corrected chi connectivity index (χ2v) is 9.67. The minimum atomic E-state index is -4.05. The fourth-order valence-corrected chi connectivity index (χ4v) is 4.57. The summed E-state index contributed by atoms with van der Waals surface area (Å²) < 4.78 is 27.6. The lowest BCUT2D eigenvalue weighted by Crippen LogP contribution is -2.39. The normalized spacial score (nSPS) is 12.0. The minimum absolute atomic E-state index is 0.0552. The highest BCUT2D eigenvalue weighted by Crippen LogP contribution is 2.29. The summed E-state index contributed by atoms with van der Waals surface area (Å²) in [4.78, 5) is 12.6. The predicted molar refractivity (Wildman–Crippen MR) is 123 cm³/mol. The second kappa shape index (κ2) is 10.8. The van der Waals surface area contributed by atoms with Crippen LogP contribution in [0.4, 0.5) is 5.69 Å². The van der Waals surface area contributed by atoms with E-state index in [0.29, 0.717) is 0 Å². The van der Waals surface area contributed by atoms with Gasteiger partial charge in [0.1, 0.15) is 6.54 Å². The molecule has 0 atom stereocenters. The molecule has 1 amide bonds. The van der Waals surface area contributed by atoms with Crippen molar-refractivity contribution in [1.82, 2.24) is 5.43 Å². The first kappa shape index (κ1) is 24.2. The van der Waals surface area contributed by atoms with Crippen molar-refractivity contribution in [2.45, 2.75) is 44.9 Å². The Labute approximate surface area is 187 Å². The fraction of sp³-hybridized carbons (Fsp3) is 0.333. The van der Waals surface area contributed by atoms with E-state index in [4.69, 9.17) is 23.2 Å². The SMILES string of the molecule is CCCC/C(C)=N/NC(=O)CN(c1cc(Cl)cc(Cl)c1)S(=O)(=O)c1ccc(C)cc1. The Kier molecular flexibility index (Phi) is 8.70. The van der Waals surface area contributed by atoms with Gasteiger partial charge in [0.05, 0.1) is 10.6 Å². The number of sulfonamides is 1. The number of hydrazone groups is 1. The molecular weight excluding hydrogens is 445 g/mol. The highest BCUT2D eigenvalue weighted by Gasteiger charge is 2.27. The Hall–Kier alpha value is -2.09. The van der Waals surface area contributed by atoms with Crippen LogP contribution in [0.1, 0.15) is 38.7 Å². The molecule has 0 aromatic heterocycles. The van der Waals surface area contributed by atoms with Crippen molar-refractivity contribution in [1.29, 1.82) is 0 Å². The van der Waals surface area contributed by atoms with Crippen molar-refractivity contribution in [2.75, 3.05) is 10.8 Å². The van der Waals surface area contributed by atoms with Crippen LogP contribution in [0.5, 0.6) is 0 Å². The average Bonchev–Trinajstić information content (AvgIpc) is 2.68. The lowest BCUT2D eigenvalue weighted by molar-refractivity contribution is -0.119. The lowest BCUT2D eigenvalue weighted by atomic mass is 10.2. The van der Waals surface area contributed by atoms with Gasteiger partial charge < -0.3 is 0 Å². The summed E-state index contributed by atoms with van der Waals surface area (Å²) in [6.45, 7) is 5.26. The van der Waals surface area contributed by atoms with E-state index in [9.17, 15) is 13.2 Å². The number of amides is 1. The van der Waals surface area contributed by atoms with Crippen LogP contribution in [0.2, 0.25) is 10.0 Å². The summed E-state index contributed by atoms with van der Waals surface area (Å²) in [6.07, 6.45) is 2.73. The van der Waals surface area contributed by atoms with Crippen LogP contribution < -0.4 is 9.73 Å². The molecule has 2 aromatic carbocycles. The highest BCUT2D eigenvalue weighted by atomic mass is 35.5. The molecule has 0 unspecified atom stereocenters. The van der Waals surface area contributed by atoms with E-state index in [1.807, 2.05) is 13.8 Å². The van der Waals surface area contributed by atoms with Gasteiger partial charge in [0.15, 0.2) is 0 Å². The van der Waals surface area contributed by atoms with Crippen molar-refractivity contribution in [3.8, 4) is 0 Å². The minimum Gasteiger partial charge on any atom is -0.271 e. The van der Waals surface area contributed by atoms with Gasteiger partial charge in [-0.05, 0) is 57.0 Å². The number of carbonyl (C=O) groups excluding carboxylic acids is 1. The zero-order chi connectivity index (χ0) is 22.3. The molecule has 0 spiro atoms. The molecule has 0 aliphatic rings. The van der Waals surface area contributed by atoms with Gasteiger partial charge in [0, 0.05) is 15.8 Å². The van der Waals surface area contributed by atoms with Gasteiger partial charge in [-0.2, -0.15) is 5.10 Å². The van der Waals surface area contributed by atoms with Crippen LogP contribution in [-0.4, -0.2) is 26.6 Å². The van der Waals surface area contributed by atoms with Crippen molar-refractivity contribution < 1.29 is 13.2 Å². The lowest BCUT2D eigenvalue weighted by Gasteiger charge is -2.24. The quantitative estimate of drug-likeness (QED) is 0.405. The Balaban J connectivity index is 2.37. The molecule has 162 valence electrons. The van der Waals surface area contributed by atoms with Crippen LogP contribution in [0.25, 0.3) is 0 Å². The number of anilines is 1. The van der Waals surface area contributed by atoms with Crippen LogP contribution in [0.15, 0.2) is 52.5 Å². The average molecular weight is 470 g/mol. The zero-order valence-corrected chi connectivity index (χ0v) is 19.5. The Bertz CT molecular complexity index is 1000. The number of nitrogens with one attached hydrogen (secondary N) is 1. The maximum absolute atomic E-state index is 13.3. The van der Waals surface area contributed by atoms with Gasteiger partial charge >= 0.3 is 0 Å². The molecule has 2 rings (SSSR count). The van der Waals surface area contributed by atoms with Gasteiger partial charge in [-0.15, -0.1) is 0 Å². The number of rotatable bonds is 9. The topological polar surface area (TPSA) is 78.8 Å². The van der Waals surface area contributed by atoms with Crippen molar-refractivity contribution in [3.05, 3.63) is 58.1 Å². The van der Waals surface area contributed by atoms with E-state index in [0.717, 1.165) is 34.8 Å². The molecule has 0 saturated carbocycles. The molecule has 0 bridgehead atoms. The number of hydrogen-bond acceptors (Lipinski definition) is 4. The van der Waals surface area contributed by atoms with Crippen molar-refractivity contribution in [3.63, 3.8) is 0 Å². The van der Waals surface area contributed by atoms with E-state index in [-0.39, 0.29) is 20.6 Å². The number of benzene rings is 2. The fourth-order valence-electron chi connectivity index (χ4n) is 2.65. The van der Waals surface area contributed by atoms with Crippen molar-refractivity contribution >= 4 is 50.5 Å². The number of carbonyl (C=O) groups is 1. The van der Waals surface area contributed by atoms with Gasteiger partial charge in [-0.3, -0.25) is 9.10 Å². The van der Waals surface area contributed by atoms with Crippen LogP contribution in [-0.2, 0) is 14.8 Å². The summed E-state index contributed by atoms with van der Waals surface area (Å²) in [7, 11) is -4.05. The first-order valence-electron chi connectivity index (χ1n) is 9.51. The molecule has 0 heterocycles. The third-order valence-electron chi connectivity index (χ3n) is 4.30. The summed E-state index contributed by atoms with van der Waals surface area (Å²) in [6, 6.07) is 10.8. The maximum Gasteiger partial charge on any atom is 0.264 e. The molecule has 9 heteroatoms. The molecule has 0 fully saturated rings. The summed E-state index contributed by atoms with van der Waals surface area (Å²) in [5.74, 6) is -0.572. The molecule has 30 heavy (non-hydrogen) atoms. The van der Waals surface area contributed by atoms with Crippen LogP contribution in [0, 0.1) is 6.92 Å². The standard InChI is InChI=1S/C21H25Cl2N3O3S/c1-4-5-6-16(3)24-25-21(27)14-26(19-12-17(22)11-18(23)13-19)30(28,29)20-9-7-15(2)8-10-20/h7-13H,4-6,14H2,1-3H3,(H,25,27)/b24-16+. The smallest absolute Gasteiger partial charge is 0.264 e. The second-order valence-electron chi connectivity index (χ2n) is 6.94. The number of nitrogens with zero attached hydrogens (tertiary/aromatic N) is 2. The summed E-state index contributed by atoms with van der Waals surface area (Å²) >= 11 is 12.1. The van der Waals surface area contributed by atoms with E-state index in [1.54, 1.807) is 12.1 Å². The molecule has 0 radical (unpaired) electrons. The molecule has 0 aliphatic heterocycles. The third-order valence-corrected chi connectivity index (χ3v) is 6.52. The maximum atomic E-state index is 13.3. The van der Waals surface area contributed by atoms with E-state index < -0.39 is 22.5 Å². The van der Waals surface area contributed by atoms with Gasteiger partial charge in [0.25, 0.3) is 15.9 Å². The third kappa shape index (κ3) is 6.72. The number of halogens is 2. The highest BCUT2D eigenvalue weighted by molar-refractivity contribution is 7.92. The van der Waals surface area contributed by atoms with Crippen LogP contribution in [0.3, 0.4) is 0 Å². The van der Waals surface area contributed by atoms with Crippen molar-refractivity contribution in [2.24, 2.45) is 5.10 Å². The first-order valence-corrected chi connectivity index (χ1v) is 11.7. The summed E-state index contributed by atoms with van der Waals surface area (Å²) in [5, 5.41) is 4.57. The Morgan fingerprint density at radius 1 is 1.10 bits per heavy atom. The molecular formula is C21H25Cl2N3O3S. The Morgan fingerprint density at radius 3 is 2.27 bits per heavy atom. The summed E-state index contributed by atoms with van der Waals surface area (Å²) in [5.41, 5.74) is 4.31. The van der Waals surface area contributed by atoms with E-state index >= 15 is 0 Å². The number of unbranched alkanes of at least 4 members (excludes halogenated alkanes) is 1.